The van der Waals surface area contributed by atoms with Crippen molar-refractivity contribution >= 4 is 17.1 Å². The van der Waals surface area contributed by atoms with Gasteiger partial charge in [0.25, 0.3) is 5.56 Å². The molecule has 2 aliphatic heterocycles. The van der Waals surface area contributed by atoms with Gasteiger partial charge in [-0.3, -0.25) is 9.36 Å². The maximum Gasteiger partial charge on any atom is 0.511 e. The number of fused-ring (bicyclic) bond motifs is 2. The van der Waals surface area contributed by atoms with E-state index in [0.29, 0.717) is 53.4 Å². The van der Waals surface area contributed by atoms with E-state index < -0.39 is 6.16 Å². The standard InChI is InChI=1S/C31H33FN4O6/c1-18-21(12-16-35-14-10-19(11-15-35)28-22-9-8-20(32)17-26(22)42-34-28)30(37)36-13-4-5-23(29(36)33-18)27-24(40-2)6-3-7-25(27)41-31(38)39/h3,6-9,17,19,23H,4-5,10-16H2,1-2H3,(H,38,39). The maximum atomic E-state index is 13.8. The predicted molar refractivity (Wildman–Crippen MR) is 152 cm³/mol. The fraction of sp³-hybridized carbons (Fsp3) is 0.419. The van der Waals surface area contributed by atoms with Crippen LogP contribution in [0.2, 0.25) is 0 Å². The number of nitrogens with zero attached hydrogens (tertiary/aromatic N) is 4. The van der Waals surface area contributed by atoms with Crippen molar-refractivity contribution in [3.63, 3.8) is 0 Å². The third-order valence-corrected chi connectivity index (χ3v) is 8.59. The lowest BCUT2D eigenvalue weighted by Crippen LogP contribution is -2.38. The van der Waals surface area contributed by atoms with E-state index in [-0.39, 0.29) is 29.0 Å². The molecule has 1 fully saturated rings. The Morgan fingerprint density at radius 2 is 1.93 bits per heavy atom. The van der Waals surface area contributed by atoms with Gasteiger partial charge in [0.05, 0.1) is 12.8 Å². The number of aryl methyl sites for hydroxylation is 1. The van der Waals surface area contributed by atoms with Gasteiger partial charge >= 0.3 is 6.16 Å². The Morgan fingerprint density at radius 3 is 2.69 bits per heavy atom. The summed E-state index contributed by atoms with van der Waals surface area (Å²) in [5, 5.41) is 14.4. The smallest absolute Gasteiger partial charge is 0.496 e. The van der Waals surface area contributed by atoms with Crippen LogP contribution in [-0.2, 0) is 13.0 Å². The third kappa shape index (κ3) is 5.24. The van der Waals surface area contributed by atoms with E-state index in [1.54, 1.807) is 28.8 Å². The summed E-state index contributed by atoms with van der Waals surface area (Å²) in [5.41, 5.74) is 3.29. The summed E-state index contributed by atoms with van der Waals surface area (Å²) in [6, 6.07) is 9.58. The molecule has 4 aromatic rings. The number of hydrogen-bond donors (Lipinski definition) is 1. The van der Waals surface area contributed by atoms with Crippen molar-refractivity contribution in [2.45, 2.75) is 57.4 Å². The van der Waals surface area contributed by atoms with Crippen LogP contribution in [0.4, 0.5) is 9.18 Å². The summed E-state index contributed by atoms with van der Waals surface area (Å²) in [4.78, 5) is 32.4. The van der Waals surface area contributed by atoms with Crippen LogP contribution >= 0.6 is 0 Å². The zero-order chi connectivity index (χ0) is 29.4. The number of piperidine rings is 1. The molecule has 0 radical (unpaired) electrons. The van der Waals surface area contributed by atoms with E-state index in [4.69, 9.17) is 19.0 Å². The van der Waals surface area contributed by atoms with Gasteiger partial charge in [-0.25, -0.2) is 14.2 Å². The van der Waals surface area contributed by atoms with E-state index >= 15 is 0 Å². The minimum atomic E-state index is -1.41. The first-order valence-electron chi connectivity index (χ1n) is 14.3. The molecule has 42 heavy (non-hydrogen) atoms. The van der Waals surface area contributed by atoms with Crippen LogP contribution in [0.3, 0.4) is 0 Å². The summed E-state index contributed by atoms with van der Waals surface area (Å²) in [7, 11) is 1.53. The number of aromatic nitrogens is 3. The number of benzene rings is 2. The molecule has 0 aliphatic carbocycles. The highest BCUT2D eigenvalue weighted by Gasteiger charge is 2.32. The van der Waals surface area contributed by atoms with Crippen molar-refractivity contribution in [1.82, 2.24) is 19.6 Å². The lowest BCUT2D eigenvalue weighted by molar-refractivity contribution is 0.143. The van der Waals surface area contributed by atoms with Gasteiger partial charge in [-0.2, -0.15) is 0 Å². The van der Waals surface area contributed by atoms with Crippen molar-refractivity contribution in [2.75, 3.05) is 26.7 Å². The molecule has 1 atom stereocenters. The number of carbonyl (C=O) groups is 1. The fourth-order valence-corrected chi connectivity index (χ4v) is 6.50. The van der Waals surface area contributed by atoms with E-state index in [2.05, 4.69) is 10.1 Å². The van der Waals surface area contributed by atoms with Crippen LogP contribution in [-0.4, -0.2) is 57.6 Å². The lowest BCUT2D eigenvalue weighted by Gasteiger charge is -2.31. The first-order valence-corrected chi connectivity index (χ1v) is 14.3. The number of rotatable bonds is 7. The summed E-state index contributed by atoms with van der Waals surface area (Å²) in [5.74, 6) is 0.853. The molecule has 11 heteroatoms. The van der Waals surface area contributed by atoms with Gasteiger partial charge in [0.15, 0.2) is 5.58 Å². The Morgan fingerprint density at radius 1 is 1.14 bits per heavy atom. The van der Waals surface area contributed by atoms with Crippen LogP contribution in [0.25, 0.3) is 11.0 Å². The zero-order valence-electron chi connectivity index (χ0n) is 23.6. The molecule has 2 aromatic carbocycles. The van der Waals surface area contributed by atoms with E-state index in [1.165, 1.54) is 19.2 Å². The Balaban J connectivity index is 1.18. The second kappa shape index (κ2) is 11.6. The summed E-state index contributed by atoms with van der Waals surface area (Å²) in [6.45, 7) is 4.88. The van der Waals surface area contributed by atoms with Gasteiger partial charge in [0.1, 0.15) is 23.1 Å². The molecular formula is C31H33FN4O6. The highest BCUT2D eigenvalue weighted by atomic mass is 19.1. The highest BCUT2D eigenvalue weighted by Crippen LogP contribution is 2.42. The number of carboxylic acid groups (broad SMARTS) is 1. The van der Waals surface area contributed by atoms with Gasteiger partial charge in [-0.15, -0.1) is 0 Å². The minimum Gasteiger partial charge on any atom is -0.496 e. The summed E-state index contributed by atoms with van der Waals surface area (Å²) in [6.07, 6.45) is 2.41. The molecule has 0 bridgehead atoms. The minimum absolute atomic E-state index is 0.0472. The average Bonchev–Trinajstić information content (AvgIpc) is 3.40. The topological polar surface area (TPSA) is 120 Å². The molecule has 1 N–H and O–H groups in total. The number of methoxy groups -OCH3 is 1. The maximum absolute atomic E-state index is 13.8. The molecule has 0 saturated carbocycles. The highest BCUT2D eigenvalue weighted by molar-refractivity contribution is 5.79. The average molecular weight is 577 g/mol. The molecular weight excluding hydrogens is 543 g/mol. The van der Waals surface area contributed by atoms with Crippen molar-refractivity contribution in [3.8, 4) is 11.5 Å². The third-order valence-electron chi connectivity index (χ3n) is 8.59. The number of hydrogen-bond acceptors (Lipinski definition) is 8. The second-order valence-electron chi connectivity index (χ2n) is 11.0. The number of ether oxygens (including phenoxy) is 2. The Hall–Kier alpha value is -4.25. The largest absolute Gasteiger partial charge is 0.511 e. The van der Waals surface area contributed by atoms with Crippen molar-refractivity contribution in [3.05, 3.63) is 80.9 Å². The van der Waals surface area contributed by atoms with Crippen LogP contribution in [0.5, 0.6) is 11.5 Å². The first kappa shape index (κ1) is 27.9. The fourth-order valence-electron chi connectivity index (χ4n) is 6.50. The molecule has 10 nitrogen and oxygen atoms in total. The molecule has 1 saturated heterocycles. The number of halogens is 1. The molecule has 1 unspecified atom stereocenters. The van der Waals surface area contributed by atoms with Crippen molar-refractivity contribution in [1.29, 1.82) is 0 Å². The van der Waals surface area contributed by atoms with Gasteiger partial charge < -0.3 is 24.0 Å². The second-order valence-corrected chi connectivity index (χ2v) is 11.0. The van der Waals surface area contributed by atoms with E-state index in [1.807, 2.05) is 6.92 Å². The Kier molecular flexibility index (Phi) is 7.68. The molecule has 220 valence electrons. The Bertz CT molecular complexity index is 1690. The lowest BCUT2D eigenvalue weighted by atomic mass is 9.88. The van der Waals surface area contributed by atoms with Gasteiger partial charge in [0.2, 0.25) is 0 Å². The van der Waals surface area contributed by atoms with Crippen LogP contribution < -0.4 is 15.0 Å². The predicted octanol–water partition coefficient (Wildman–Crippen LogP) is 5.25. The molecule has 2 aromatic heterocycles. The van der Waals surface area contributed by atoms with Gasteiger partial charge in [-0.1, -0.05) is 11.2 Å². The van der Waals surface area contributed by atoms with Crippen LogP contribution in [0, 0.1) is 12.7 Å². The summed E-state index contributed by atoms with van der Waals surface area (Å²) < 4.78 is 31.3. The normalized spacial score (nSPS) is 17.7. The SMILES string of the molecule is COc1cccc(OC(=O)O)c1C1CCCn2c1nc(C)c(CCN1CCC(c3noc4cc(F)ccc34)CC1)c2=O. The number of likely N-dealkylation sites (tertiary alicyclic amines) is 1. The Labute approximate surface area is 241 Å². The molecule has 6 rings (SSSR count). The van der Waals surface area contributed by atoms with Gasteiger partial charge in [0, 0.05) is 53.2 Å². The van der Waals surface area contributed by atoms with Crippen LogP contribution in [0.15, 0.2) is 45.7 Å². The molecule has 4 heterocycles. The molecule has 0 amide bonds. The monoisotopic (exact) mass is 576 g/mol. The van der Waals surface area contributed by atoms with E-state index in [9.17, 15) is 19.1 Å². The summed E-state index contributed by atoms with van der Waals surface area (Å²) >= 11 is 0. The quantitative estimate of drug-likeness (QED) is 0.232. The first-order chi connectivity index (χ1) is 20.3. The molecule has 0 spiro atoms. The van der Waals surface area contributed by atoms with Gasteiger partial charge in [-0.05, 0) is 76.4 Å². The zero-order valence-corrected chi connectivity index (χ0v) is 23.6. The van der Waals surface area contributed by atoms with Crippen molar-refractivity contribution < 1.29 is 28.3 Å². The van der Waals surface area contributed by atoms with E-state index in [0.717, 1.165) is 50.0 Å². The molecule has 2 aliphatic rings. The van der Waals surface area contributed by atoms with Crippen molar-refractivity contribution in [2.24, 2.45) is 0 Å². The van der Waals surface area contributed by atoms with Crippen LogP contribution in [0.1, 0.15) is 65.9 Å².